The number of nitro groups is 1. The van der Waals surface area contributed by atoms with Crippen molar-refractivity contribution in [1.82, 2.24) is 0 Å². The van der Waals surface area contributed by atoms with E-state index in [0.717, 1.165) is 5.56 Å². The van der Waals surface area contributed by atoms with E-state index in [2.05, 4.69) is 0 Å². The van der Waals surface area contributed by atoms with Crippen molar-refractivity contribution in [2.45, 2.75) is 43.6 Å². The van der Waals surface area contributed by atoms with Gasteiger partial charge in [-0.25, -0.2) is 0 Å². The molecule has 0 saturated heterocycles. The van der Waals surface area contributed by atoms with Gasteiger partial charge >= 0.3 is 0 Å². The number of benzene rings is 1. The quantitative estimate of drug-likeness (QED) is 0.623. The molecule has 1 heterocycles. The molecule has 1 aromatic carbocycles. The number of carbonyl (C=O) groups is 1. The zero-order chi connectivity index (χ0) is 18.1. The first-order valence-corrected chi connectivity index (χ1v) is 8.09. The molecular formula is C18H17NO6. The van der Waals surface area contributed by atoms with E-state index >= 15 is 0 Å². The summed E-state index contributed by atoms with van der Waals surface area (Å²) < 4.78 is 5.63. The first-order chi connectivity index (χ1) is 11.7. The van der Waals surface area contributed by atoms with Crippen LogP contribution in [0.25, 0.3) is 0 Å². The summed E-state index contributed by atoms with van der Waals surface area (Å²) in [7, 11) is 0. The molecule has 0 spiro atoms. The molecule has 1 unspecified atom stereocenters. The maximum atomic E-state index is 13.0. The summed E-state index contributed by atoms with van der Waals surface area (Å²) in [6, 6.07) is 3.68. The van der Waals surface area contributed by atoms with Crippen molar-refractivity contribution in [3.05, 3.63) is 62.7 Å². The highest BCUT2D eigenvalue weighted by molar-refractivity contribution is 6.10. The van der Waals surface area contributed by atoms with Crippen LogP contribution in [-0.2, 0) is 10.4 Å². The Balaban J connectivity index is 1.91. The summed E-state index contributed by atoms with van der Waals surface area (Å²) in [5.74, 6) is -2.81. The summed E-state index contributed by atoms with van der Waals surface area (Å²) in [5.41, 5.74) is -1.53. The molecule has 4 rings (SSSR count). The van der Waals surface area contributed by atoms with Crippen LogP contribution in [0.4, 0.5) is 0 Å². The number of fused-ring (bicyclic) bond motifs is 4. The molecule has 7 heteroatoms. The average molecular weight is 343 g/mol. The van der Waals surface area contributed by atoms with E-state index in [0.29, 0.717) is 0 Å². The monoisotopic (exact) mass is 343 g/mol. The van der Waals surface area contributed by atoms with E-state index in [4.69, 9.17) is 4.74 Å². The molecule has 3 atom stereocenters. The summed E-state index contributed by atoms with van der Waals surface area (Å²) in [5, 5.41) is 33.5. The first kappa shape index (κ1) is 16.0. The summed E-state index contributed by atoms with van der Waals surface area (Å²) in [4.78, 5) is 23.7. The number of hydrogen-bond donors (Lipinski definition) is 2. The van der Waals surface area contributed by atoms with Crippen LogP contribution in [0.2, 0.25) is 0 Å². The van der Waals surface area contributed by atoms with Gasteiger partial charge in [-0.3, -0.25) is 14.9 Å². The van der Waals surface area contributed by atoms with Gasteiger partial charge in [0.25, 0.3) is 5.79 Å². The van der Waals surface area contributed by atoms with Gasteiger partial charge in [-0.1, -0.05) is 38.1 Å². The van der Waals surface area contributed by atoms with Gasteiger partial charge in [0.1, 0.15) is 5.75 Å². The summed E-state index contributed by atoms with van der Waals surface area (Å²) >= 11 is 0. The van der Waals surface area contributed by atoms with E-state index in [1.807, 2.05) is 13.8 Å². The van der Waals surface area contributed by atoms with Crippen LogP contribution in [0.5, 0.6) is 5.75 Å². The number of rotatable bonds is 2. The van der Waals surface area contributed by atoms with Crippen molar-refractivity contribution < 1.29 is 24.7 Å². The third-order valence-corrected chi connectivity index (χ3v) is 5.27. The number of aliphatic hydroxyl groups is 2. The van der Waals surface area contributed by atoms with Crippen molar-refractivity contribution in [2.75, 3.05) is 0 Å². The third-order valence-electron chi connectivity index (χ3n) is 5.27. The number of hydrogen-bond acceptors (Lipinski definition) is 6. The lowest BCUT2D eigenvalue weighted by Crippen LogP contribution is -2.52. The van der Waals surface area contributed by atoms with Crippen molar-refractivity contribution in [3.63, 3.8) is 0 Å². The van der Waals surface area contributed by atoms with Crippen molar-refractivity contribution in [2.24, 2.45) is 0 Å². The van der Waals surface area contributed by atoms with Crippen LogP contribution in [0.3, 0.4) is 0 Å². The second-order valence-electron chi connectivity index (χ2n) is 6.96. The minimum Gasteiger partial charge on any atom is -0.454 e. The van der Waals surface area contributed by atoms with Crippen LogP contribution >= 0.6 is 0 Å². The normalized spacial score (nSPS) is 32.5. The lowest BCUT2D eigenvalue weighted by Gasteiger charge is -2.30. The van der Waals surface area contributed by atoms with Gasteiger partial charge in [-0.2, -0.15) is 0 Å². The summed E-state index contributed by atoms with van der Waals surface area (Å²) in [6.07, 6.45) is 2.97. The van der Waals surface area contributed by atoms with Crippen molar-refractivity contribution >= 4 is 5.78 Å². The largest absolute Gasteiger partial charge is 0.454 e. The predicted octanol–water partition coefficient (Wildman–Crippen LogP) is 1.56. The molecule has 2 aliphatic carbocycles. The number of Topliss-reactive ketones (excluding diaryl/α,β-unsaturated/α-hetero) is 1. The molecule has 0 bridgehead atoms. The molecule has 3 aliphatic rings. The standard InChI is InChI=1S/C18H17NO6/c1-9(2)10-6-7-11-14(8-10)25-18(22)12-4-3-5-13(19(23)24)15(12)16(20)17(11,18)21/h3-4,6-9,13,21-22H,5H2,1-2H3/t13?,17-,18-/m0/s1. The predicted molar refractivity (Wildman–Crippen MR) is 86.6 cm³/mol. The number of carbonyl (C=O) groups excluding carboxylic acids is 1. The molecule has 1 aliphatic heterocycles. The molecule has 0 amide bonds. The fourth-order valence-electron chi connectivity index (χ4n) is 3.88. The lowest BCUT2D eigenvalue weighted by molar-refractivity contribution is -0.510. The maximum absolute atomic E-state index is 13.0. The van der Waals surface area contributed by atoms with E-state index in [-0.39, 0.29) is 34.8 Å². The third kappa shape index (κ3) is 1.74. The molecule has 1 aromatic rings. The Morgan fingerprint density at radius 1 is 1.36 bits per heavy atom. The molecule has 7 nitrogen and oxygen atoms in total. The van der Waals surface area contributed by atoms with Gasteiger partial charge < -0.3 is 14.9 Å². The first-order valence-electron chi connectivity index (χ1n) is 8.09. The van der Waals surface area contributed by atoms with Crippen LogP contribution in [0.15, 0.2) is 41.5 Å². The molecule has 0 fully saturated rings. The van der Waals surface area contributed by atoms with Gasteiger partial charge in [-0.15, -0.1) is 0 Å². The molecule has 130 valence electrons. The Bertz CT molecular complexity index is 886. The second-order valence-corrected chi connectivity index (χ2v) is 6.96. The highest BCUT2D eigenvalue weighted by Gasteiger charge is 2.72. The zero-order valence-corrected chi connectivity index (χ0v) is 13.7. The van der Waals surface area contributed by atoms with Gasteiger partial charge in [0, 0.05) is 22.5 Å². The molecule has 0 saturated carbocycles. The maximum Gasteiger partial charge on any atom is 0.276 e. The fourth-order valence-corrected chi connectivity index (χ4v) is 3.88. The van der Waals surface area contributed by atoms with E-state index in [1.165, 1.54) is 12.2 Å². The minimum atomic E-state index is -2.37. The molecule has 25 heavy (non-hydrogen) atoms. The Labute approximate surface area is 143 Å². The van der Waals surface area contributed by atoms with Gasteiger partial charge in [0.15, 0.2) is 0 Å². The Morgan fingerprint density at radius 3 is 2.72 bits per heavy atom. The van der Waals surface area contributed by atoms with Crippen LogP contribution in [0, 0.1) is 10.1 Å². The van der Waals surface area contributed by atoms with Crippen LogP contribution < -0.4 is 4.74 Å². The minimum absolute atomic E-state index is 0.0306. The zero-order valence-electron chi connectivity index (χ0n) is 13.7. The van der Waals surface area contributed by atoms with E-state index in [1.54, 1.807) is 18.2 Å². The van der Waals surface area contributed by atoms with Crippen LogP contribution in [-0.4, -0.2) is 32.7 Å². The lowest BCUT2D eigenvalue weighted by atomic mass is 9.85. The van der Waals surface area contributed by atoms with E-state index in [9.17, 15) is 25.1 Å². The summed E-state index contributed by atoms with van der Waals surface area (Å²) in [6.45, 7) is 3.97. The molecule has 0 radical (unpaired) electrons. The topological polar surface area (TPSA) is 110 Å². The van der Waals surface area contributed by atoms with Crippen molar-refractivity contribution in [3.8, 4) is 5.75 Å². The number of nitrogens with zero attached hydrogens (tertiary/aromatic N) is 1. The van der Waals surface area contributed by atoms with Gasteiger partial charge in [0.2, 0.25) is 17.4 Å². The van der Waals surface area contributed by atoms with E-state index < -0.39 is 28.1 Å². The number of ketones is 1. The Morgan fingerprint density at radius 2 is 2.08 bits per heavy atom. The van der Waals surface area contributed by atoms with Crippen molar-refractivity contribution in [1.29, 1.82) is 0 Å². The smallest absolute Gasteiger partial charge is 0.276 e. The second kappa shape index (κ2) is 4.77. The average Bonchev–Trinajstić information content (AvgIpc) is 2.90. The fraction of sp³-hybridized carbons (Fsp3) is 0.389. The van der Waals surface area contributed by atoms with Gasteiger partial charge in [0.05, 0.1) is 5.57 Å². The molecule has 2 N–H and O–H groups in total. The number of ether oxygens (including phenoxy) is 1. The van der Waals surface area contributed by atoms with Crippen LogP contribution in [0.1, 0.15) is 37.3 Å². The SMILES string of the molecule is CC(C)c1ccc2c(c1)O[C@@]1(O)C3=C(C(=O)[C@@]21O)C([N+](=O)[O-])CC=C3. The Hall–Kier alpha value is -2.51. The Kier molecular flexibility index (Phi) is 3.05. The molecular weight excluding hydrogens is 326 g/mol. The molecule has 0 aromatic heterocycles. The van der Waals surface area contributed by atoms with Gasteiger partial charge in [-0.05, 0) is 17.5 Å². The highest BCUT2D eigenvalue weighted by atomic mass is 16.7. The highest BCUT2D eigenvalue weighted by Crippen LogP contribution is 2.58.